The summed E-state index contributed by atoms with van der Waals surface area (Å²) < 4.78 is 0. The standard InChI is InChI=1S/5ClH.La.Li.Tl/h5*1H;;;/q;;;;;+3;2*+1/p-5. The van der Waals surface area contributed by atoms with Gasteiger partial charge in [-0.25, -0.2) is 0 Å². The molecule has 42 valence electrons. The van der Waals surface area contributed by atoms with Crippen molar-refractivity contribution in [3.63, 3.8) is 0 Å². The van der Waals surface area contributed by atoms with Gasteiger partial charge in [0.1, 0.15) is 0 Å². The van der Waals surface area contributed by atoms with Crippen LogP contribution in [0.25, 0.3) is 0 Å². The maximum absolute atomic E-state index is 0. The molecule has 0 atom stereocenters. The van der Waals surface area contributed by atoms with Crippen molar-refractivity contribution in [1.82, 2.24) is 0 Å². The van der Waals surface area contributed by atoms with Crippen molar-refractivity contribution in [2.24, 2.45) is 0 Å². The molecule has 0 spiro atoms. The molecule has 0 aromatic carbocycles. The molecule has 0 amide bonds. The zero-order valence-corrected chi connectivity index (χ0v) is 15.9. The first kappa shape index (κ1) is 87.4. The van der Waals surface area contributed by atoms with Crippen molar-refractivity contribution in [2.45, 2.75) is 0 Å². The van der Waals surface area contributed by atoms with Gasteiger partial charge in [0.15, 0.2) is 0 Å². The van der Waals surface area contributed by atoms with Gasteiger partial charge < -0.3 is 62.0 Å². The number of hydrogen-bond acceptors (Lipinski definition) is 0. The number of rotatable bonds is 0. The Bertz CT molecular complexity index is 12.4. The van der Waals surface area contributed by atoms with Gasteiger partial charge in [-0.3, -0.25) is 0 Å². The van der Waals surface area contributed by atoms with E-state index < -0.39 is 0 Å². The van der Waals surface area contributed by atoms with Crippen LogP contribution >= 0.6 is 0 Å². The van der Waals surface area contributed by atoms with Gasteiger partial charge in [-0.2, -0.15) is 0 Å². The van der Waals surface area contributed by atoms with Crippen LogP contribution in [0.4, 0.5) is 0 Å². The van der Waals surface area contributed by atoms with E-state index in [0.29, 0.717) is 0 Å². The summed E-state index contributed by atoms with van der Waals surface area (Å²) >= 11 is 0. The summed E-state index contributed by atoms with van der Waals surface area (Å²) in [5.74, 6) is 0. The van der Waals surface area contributed by atoms with Crippen molar-refractivity contribution in [3.05, 3.63) is 0 Å². The third-order valence-electron chi connectivity index (χ3n) is 0. The van der Waals surface area contributed by atoms with Gasteiger partial charge in [-0.05, 0) is 0 Å². The molecule has 0 nitrogen and oxygen atoms in total. The summed E-state index contributed by atoms with van der Waals surface area (Å²) in [6.45, 7) is 0. The topological polar surface area (TPSA) is 0 Å². The van der Waals surface area contributed by atoms with Gasteiger partial charge in [0, 0.05) is 0 Å². The van der Waals surface area contributed by atoms with Gasteiger partial charge in [0.05, 0.1) is 0 Å². The molecule has 8 heavy (non-hydrogen) atoms. The molecular weight excluding hydrogens is 527 g/mol. The summed E-state index contributed by atoms with van der Waals surface area (Å²) in [4.78, 5) is 0. The Hall–Kier alpha value is 4.16. The third kappa shape index (κ3) is 49.2. The fourth-order valence-corrected chi connectivity index (χ4v) is 0. The molecular formula is Cl5LaLiTl. The van der Waals surface area contributed by atoms with Crippen LogP contribution in [0.15, 0.2) is 0 Å². The Kier molecular flexibility index (Phi) is 727. The molecule has 0 bridgehead atoms. The van der Waals surface area contributed by atoms with E-state index in [9.17, 15) is 0 Å². The number of halogens is 5. The molecule has 0 aliphatic rings. The zero-order valence-electron chi connectivity index (χ0n) is 4.04. The van der Waals surface area contributed by atoms with Crippen LogP contribution in [0.3, 0.4) is 0 Å². The predicted octanol–water partition coefficient (Wildman–Crippen LogP) is -18.4. The summed E-state index contributed by atoms with van der Waals surface area (Å²) in [5.41, 5.74) is 0. The van der Waals surface area contributed by atoms with Gasteiger partial charge in [-0.1, -0.05) is 0 Å². The molecule has 0 rings (SSSR count). The van der Waals surface area contributed by atoms with E-state index in [4.69, 9.17) is 0 Å². The Morgan fingerprint density at radius 1 is 0.500 bits per heavy atom. The van der Waals surface area contributed by atoms with E-state index >= 15 is 0 Å². The van der Waals surface area contributed by atoms with Crippen LogP contribution in [-0.4, -0.2) is 27.3 Å². The van der Waals surface area contributed by atoms with Crippen molar-refractivity contribution in [3.8, 4) is 0 Å². The minimum atomic E-state index is 0. The van der Waals surface area contributed by atoms with Crippen molar-refractivity contribution in [1.29, 1.82) is 0 Å². The van der Waals surface area contributed by atoms with Gasteiger partial charge in [0.2, 0.25) is 0 Å². The molecule has 0 saturated carbocycles. The SMILES string of the molecule is [Cl-].[Cl-].[Cl-].[Cl-].[Cl-].[La+3].[Li+].[Tl+]. The fourth-order valence-electron chi connectivity index (χ4n) is 0. The average Bonchev–Trinajstić information content (AvgIpc) is 0. The van der Waals surface area contributed by atoms with Crippen LogP contribution < -0.4 is 80.9 Å². The molecule has 0 N–H and O–H groups in total. The first-order valence-corrected chi connectivity index (χ1v) is 0. The van der Waals surface area contributed by atoms with Gasteiger partial charge in [0.25, 0.3) is 0 Å². The maximum atomic E-state index is 0. The molecule has 0 aliphatic heterocycles. The average molecular weight is 527 g/mol. The van der Waals surface area contributed by atoms with Crippen LogP contribution in [0.2, 0.25) is 0 Å². The summed E-state index contributed by atoms with van der Waals surface area (Å²) in [5, 5.41) is 0. The third-order valence-corrected chi connectivity index (χ3v) is 0. The normalized spacial score (nSPS) is 0. The van der Waals surface area contributed by atoms with E-state index in [0.717, 1.165) is 0 Å². The van der Waals surface area contributed by atoms with Gasteiger partial charge >= 0.3 is 81.8 Å². The van der Waals surface area contributed by atoms with E-state index in [1.54, 1.807) is 0 Å². The van der Waals surface area contributed by atoms with E-state index in [2.05, 4.69) is 0 Å². The second-order valence-electron chi connectivity index (χ2n) is 0. The van der Waals surface area contributed by atoms with E-state index in [1.807, 2.05) is 0 Å². The summed E-state index contributed by atoms with van der Waals surface area (Å²) in [6, 6.07) is 0. The van der Waals surface area contributed by atoms with Crippen molar-refractivity contribution in [2.75, 3.05) is 0 Å². The molecule has 8 heteroatoms. The van der Waals surface area contributed by atoms with E-state index in [1.165, 1.54) is 0 Å². The second kappa shape index (κ2) is 66.5. The van der Waals surface area contributed by atoms with Gasteiger partial charge in [-0.15, -0.1) is 0 Å². The minimum absolute atomic E-state index is 0. The molecule has 0 aromatic heterocycles. The minimum Gasteiger partial charge on any atom is -1.00 e. The second-order valence-corrected chi connectivity index (χ2v) is 0. The molecule has 0 heterocycles. The fraction of sp³-hybridized carbons (Fsp3) is 0. The Morgan fingerprint density at radius 2 is 0.500 bits per heavy atom. The Morgan fingerprint density at radius 3 is 0.500 bits per heavy atom. The quantitative estimate of drug-likeness (QED) is 0.275. The first-order valence-electron chi connectivity index (χ1n) is 0. The first-order chi connectivity index (χ1) is 0. The van der Waals surface area contributed by atoms with E-state index in [-0.39, 0.29) is 144 Å². The Labute approximate surface area is 141 Å². The summed E-state index contributed by atoms with van der Waals surface area (Å²) in [6.07, 6.45) is 0. The smallest absolute Gasteiger partial charge is 1.00 e. The molecule has 0 saturated heterocycles. The maximum Gasteiger partial charge on any atom is 3.00 e. The van der Waals surface area contributed by atoms with Crippen LogP contribution in [-0.2, 0) is 0 Å². The molecule has 0 fully saturated rings. The van der Waals surface area contributed by atoms with Crippen LogP contribution in [0.1, 0.15) is 0 Å². The predicted molar refractivity (Wildman–Crippen MR) is 5.75 cm³/mol. The molecule has 0 unspecified atom stereocenters. The van der Waals surface area contributed by atoms with Crippen molar-refractivity contribution < 1.29 is 116 Å². The molecule has 0 aliphatic carbocycles. The van der Waals surface area contributed by atoms with Crippen LogP contribution in [0, 0.1) is 35.6 Å². The summed E-state index contributed by atoms with van der Waals surface area (Å²) in [7, 11) is 0. The largest absolute Gasteiger partial charge is 3.00 e. The molecule has 0 radical (unpaired) electrons. The van der Waals surface area contributed by atoms with Crippen LogP contribution in [0.5, 0.6) is 0 Å². The Balaban J connectivity index is 0. The van der Waals surface area contributed by atoms with Crippen molar-refractivity contribution >= 4 is 27.3 Å². The molecule has 0 aromatic rings. The zero-order chi connectivity index (χ0) is 0. The number of hydrogen-bond donors (Lipinski definition) is 0. The monoisotopic (exact) mass is 526 g/mol.